The van der Waals surface area contributed by atoms with Crippen LogP contribution in [0.3, 0.4) is 0 Å². The molecule has 7 aromatic carbocycles. The first kappa shape index (κ1) is 28.3. The predicted octanol–water partition coefficient (Wildman–Crippen LogP) is 12.9. The third-order valence-electron chi connectivity index (χ3n) is 8.55. The monoisotopic (exact) mass is 642 g/mol. The molecule has 1 aliphatic rings. The number of rotatable bonds is 6. The van der Waals surface area contributed by atoms with E-state index in [1.54, 1.807) is 23.9 Å². The summed E-state index contributed by atoms with van der Waals surface area (Å²) in [6.45, 7) is 0. The molecule has 0 aliphatic carbocycles. The lowest BCUT2D eigenvalue weighted by Gasteiger charge is -2.29. The zero-order valence-electron chi connectivity index (χ0n) is 25.6. The van der Waals surface area contributed by atoms with Crippen LogP contribution in [0.15, 0.2) is 178 Å². The molecule has 0 atom stereocenters. The van der Waals surface area contributed by atoms with Gasteiger partial charge in [0.1, 0.15) is 28.5 Å². The fourth-order valence-corrected chi connectivity index (χ4v) is 7.36. The summed E-state index contributed by atoms with van der Waals surface area (Å²) in [5.41, 5.74) is 7.55. The first-order valence-electron chi connectivity index (χ1n) is 15.7. The van der Waals surface area contributed by atoms with Crippen molar-refractivity contribution in [1.29, 1.82) is 0 Å². The van der Waals surface area contributed by atoms with Gasteiger partial charge < -0.3 is 19.0 Å². The Morgan fingerprint density at radius 1 is 0.458 bits per heavy atom. The molecule has 9 rings (SSSR count). The topological polar surface area (TPSA) is 28.9 Å². The molecule has 8 aromatic rings. The molecule has 0 N–H and O–H groups in total. The number of nitrogens with zero attached hydrogens (tertiary/aromatic N) is 2. The Kier molecular flexibility index (Phi) is 6.87. The van der Waals surface area contributed by atoms with E-state index in [4.69, 9.17) is 9.15 Å². The number of fused-ring (bicyclic) bond motifs is 5. The van der Waals surface area contributed by atoms with Crippen LogP contribution in [0.1, 0.15) is 0 Å². The smallest absolute Gasteiger partial charge is 0.143 e. The van der Waals surface area contributed by atoms with Crippen LogP contribution in [0.4, 0.5) is 38.5 Å². The van der Waals surface area contributed by atoms with E-state index in [9.17, 15) is 4.39 Å². The first-order chi connectivity index (χ1) is 23.7. The van der Waals surface area contributed by atoms with Crippen LogP contribution in [-0.4, -0.2) is 0 Å². The summed E-state index contributed by atoms with van der Waals surface area (Å²) in [5, 5.41) is 2.13. The van der Waals surface area contributed by atoms with E-state index in [0.717, 1.165) is 77.4 Å². The van der Waals surface area contributed by atoms with Gasteiger partial charge in [0.05, 0.1) is 20.9 Å². The van der Waals surface area contributed by atoms with Crippen LogP contribution in [-0.2, 0) is 0 Å². The molecule has 1 aromatic heterocycles. The van der Waals surface area contributed by atoms with Crippen molar-refractivity contribution in [3.63, 3.8) is 0 Å². The van der Waals surface area contributed by atoms with Crippen molar-refractivity contribution in [2.45, 2.75) is 9.79 Å². The van der Waals surface area contributed by atoms with Crippen LogP contribution < -0.4 is 14.5 Å². The van der Waals surface area contributed by atoms with Crippen molar-refractivity contribution in [3.05, 3.63) is 170 Å². The molecule has 0 fully saturated rings. The van der Waals surface area contributed by atoms with Gasteiger partial charge >= 0.3 is 0 Å². The van der Waals surface area contributed by atoms with Crippen LogP contribution in [0.25, 0.3) is 21.9 Å². The van der Waals surface area contributed by atoms with Crippen molar-refractivity contribution >= 4 is 67.8 Å². The largest absolute Gasteiger partial charge is 0.456 e. The fourth-order valence-electron chi connectivity index (χ4n) is 6.40. The standard InChI is InChI=1S/C42H27FN2O2S/c43-28-18-20-31(21-19-28)44(29-10-3-1-4-11-29)33-22-24-37-41(27-33)48-40-25-23-32(26-39(40)47-37)45(30-12-5-2-6-13-30)35-15-9-17-38-42(35)34-14-7-8-16-36(34)46-38/h1-27H. The van der Waals surface area contributed by atoms with Crippen LogP contribution in [0.2, 0.25) is 0 Å². The van der Waals surface area contributed by atoms with E-state index >= 15 is 0 Å². The van der Waals surface area contributed by atoms with Crippen molar-refractivity contribution in [2.24, 2.45) is 0 Å². The van der Waals surface area contributed by atoms with E-state index in [0.29, 0.717) is 0 Å². The number of furan rings is 1. The van der Waals surface area contributed by atoms with Gasteiger partial charge in [0.25, 0.3) is 0 Å². The minimum atomic E-state index is -0.266. The summed E-state index contributed by atoms with van der Waals surface area (Å²) in [4.78, 5) is 6.41. The lowest BCUT2D eigenvalue weighted by Crippen LogP contribution is -2.11. The first-order valence-corrected chi connectivity index (χ1v) is 16.5. The molecule has 4 nitrogen and oxygen atoms in total. The predicted molar refractivity (Wildman–Crippen MR) is 194 cm³/mol. The quantitative estimate of drug-likeness (QED) is 0.180. The highest BCUT2D eigenvalue weighted by atomic mass is 32.2. The summed E-state index contributed by atoms with van der Waals surface area (Å²) in [6, 6.07) is 54.0. The normalized spacial score (nSPS) is 11.9. The molecule has 0 amide bonds. The average molecular weight is 643 g/mol. The van der Waals surface area contributed by atoms with Gasteiger partial charge in [-0.05, 0) is 97.1 Å². The highest BCUT2D eigenvalue weighted by Crippen LogP contribution is 2.52. The van der Waals surface area contributed by atoms with Gasteiger partial charge in [0, 0.05) is 39.9 Å². The molecule has 48 heavy (non-hydrogen) atoms. The van der Waals surface area contributed by atoms with Crippen LogP contribution in [0.5, 0.6) is 11.5 Å². The zero-order valence-corrected chi connectivity index (χ0v) is 26.4. The Morgan fingerprint density at radius 3 is 1.88 bits per heavy atom. The van der Waals surface area contributed by atoms with Gasteiger partial charge in [-0.15, -0.1) is 0 Å². The van der Waals surface area contributed by atoms with Crippen molar-refractivity contribution < 1.29 is 13.5 Å². The molecule has 6 heteroatoms. The lowest BCUT2D eigenvalue weighted by molar-refractivity contribution is 0.455. The van der Waals surface area contributed by atoms with E-state index in [-0.39, 0.29) is 5.82 Å². The molecule has 0 unspecified atom stereocenters. The van der Waals surface area contributed by atoms with Gasteiger partial charge in [-0.25, -0.2) is 4.39 Å². The van der Waals surface area contributed by atoms with Gasteiger partial charge in [-0.1, -0.05) is 72.4 Å². The number of hydrogen-bond donors (Lipinski definition) is 0. The number of anilines is 6. The highest BCUT2D eigenvalue weighted by molar-refractivity contribution is 7.99. The second-order valence-electron chi connectivity index (χ2n) is 11.5. The van der Waals surface area contributed by atoms with Crippen LogP contribution >= 0.6 is 11.8 Å². The average Bonchev–Trinajstić information content (AvgIpc) is 3.52. The molecule has 0 saturated heterocycles. The zero-order chi connectivity index (χ0) is 32.0. The minimum absolute atomic E-state index is 0.266. The van der Waals surface area contributed by atoms with Crippen molar-refractivity contribution in [2.75, 3.05) is 9.80 Å². The van der Waals surface area contributed by atoms with Gasteiger partial charge in [-0.3, -0.25) is 0 Å². The lowest BCUT2D eigenvalue weighted by atomic mass is 10.1. The van der Waals surface area contributed by atoms with Crippen molar-refractivity contribution in [1.82, 2.24) is 0 Å². The number of benzene rings is 7. The molecule has 230 valence electrons. The second-order valence-corrected chi connectivity index (χ2v) is 12.6. The van der Waals surface area contributed by atoms with E-state index in [1.807, 2.05) is 66.7 Å². The molecular formula is C42H27FN2O2S. The van der Waals surface area contributed by atoms with E-state index in [1.165, 1.54) is 12.1 Å². The van der Waals surface area contributed by atoms with E-state index in [2.05, 4.69) is 82.6 Å². The summed E-state index contributed by atoms with van der Waals surface area (Å²) in [6.07, 6.45) is 0. The highest BCUT2D eigenvalue weighted by Gasteiger charge is 2.24. The Labute approximate surface area is 281 Å². The molecule has 0 saturated carbocycles. The fraction of sp³-hybridized carbons (Fsp3) is 0. The second kappa shape index (κ2) is 11.7. The number of para-hydroxylation sites is 3. The SMILES string of the molecule is Fc1ccc(N(c2ccccc2)c2ccc3c(c2)Sc2ccc(N(c4ccccc4)c4cccc5oc6ccccc6c45)cc2O3)cc1. The third-order valence-corrected chi connectivity index (χ3v) is 9.64. The number of halogens is 1. The molecular weight excluding hydrogens is 616 g/mol. The maximum Gasteiger partial charge on any atom is 0.143 e. The molecule has 1 aliphatic heterocycles. The summed E-state index contributed by atoms with van der Waals surface area (Å²) < 4.78 is 26.7. The molecule has 2 heterocycles. The number of ether oxygens (including phenoxy) is 1. The maximum absolute atomic E-state index is 13.9. The Morgan fingerprint density at radius 2 is 1.08 bits per heavy atom. The van der Waals surface area contributed by atoms with E-state index < -0.39 is 0 Å². The molecule has 0 bridgehead atoms. The van der Waals surface area contributed by atoms with Crippen LogP contribution in [0, 0.1) is 5.82 Å². The third kappa shape index (κ3) is 4.94. The van der Waals surface area contributed by atoms with Crippen molar-refractivity contribution in [3.8, 4) is 11.5 Å². The molecule has 0 radical (unpaired) electrons. The summed E-state index contributed by atoms with van der Waals surface area (Å²) in [7, 11) is 0. The van der Waals surface area contributed by atoms with Gasteiger partial charge in [-0.2, -0.15) is 0 Å². The van der Waals surface area contributed by atoms with Gasteiger partial charge in [0.2, 0.25) is 0 Å². The minimum Gasteiger partial charge on any atom is -0.456 e. The summed E-state index contributed by atoms with van der Waals surface area (Å²) in [5.74, 6) is 1.31. The Balaban J connectivity index is 1.11. The molecule has 0 spiro atoms. The maximum atomic E-state index is 13.9. The van der Waals surface area contributed by atoms with Gasteiger partial charge in [0.15, 0.2) is 0 Å². The number of hydrogen-bond acceptors (Lipinski definition) is 5. The Bertz CT molecular complexity index is 2430. The Hall–Kier alpha value is -5.98. The summed E-state index contributed by atoms with van der Waals surface area (Å²) >= 11 is 1.68.